The lowest BCUT2D eigenvalue weighted by atomic mass is 10.1. The number of aromatic nitrogens is 1. The molecule has 3 N–H and O–H groups in total. The summed E-state index contributed by atoms with van der Waals surface area (Å²) in [6.45, 7) is 3.31. The van der Waals surface area contributed by atoms with Crippen LogP contribution in [0, 0.1) is 5.92 Å². The quantitative estimate of drug-likeness (QED) is 0.779. The van der Waals surface area contributed by atoms with Crippen molar-refractivity contribution in [2.45, 2.75) is 13.0 Å². The van der Waals surface area contributed by atoms with Crippen LogP contribution in [0.25, 0.3) is 0 Å². The van der Waals surface area contributed by atoms with Crippen molar-refractivity contribution in [3.05, 3.63) is 53.9 Å². The number of pyridine rings is 1. The van der Waals surface area contributed by atoms with Gasteiger partial charge in [-0.05, 0) is 48.7 Å². The van der Waals surface area contributed by atoms with Gasteiger partial charge in [0.1, 0.15) is 17.1 Å². The van der Waals surface area contributed by atoms with Gasteiger partial charge in [-0.15, -0.1) is 0 Å². The van der Waals surface area contributed by atoms with Gasteiger partial charge in [-0.2, -0.15) is 0 Å². The van der Waals surface area contributed by atoms with E-state index in [0.29, 0.717) is 12.5 Å². The highest BCUT2D eigenvalue weighted by atomic mass is 16.3. The van der Waals surface area contributed by atoms with Crippen LogP contribution >= 0.6 is 0 Å². The van der Waals surface area contributed by atoms with Crippen LogP contribution in [0.2, 0.25) is 0 Å². The molecule has 1 saturated heterocycles. The van der Waals surface area contributed by atoms with Crippen LogP contribution in [0.4, 0.5) is 0 Å². The number of nitrogens with one attached hydrogen (secondary N) is 1. The van der Waals surface area contributed by atoms with E-state index in [4.69, 9.17) is 0 Å². The molecule has 1 amide bonds. The molecule has 1 atom stereocenters. The van der Waals surface area contributed by atoms with E-state index in [2.05, 4.69) is 15.2 Å². The fraction of sp³-hybridized carbons (Fsp3) is 0.333. The second kappa shape index (κ2) is 7.31. The topological polar surface area (TPSA) is 85.7 Å². The highest BCUT2D eigenvalue weighted by molar-refractivity contribution is 5.99. The Bertz CT molecular complexity index is 686. The number of phenolic OH excluding ortho intramolecular Hbond substituents is 2. The lowest BCUT2D eigenvalue weighted by Gasteiger charge is -2.16. The zero-order chi connectivity index (χ0) is 16.9. The third-order valence-electron chi connectivity index (χ3n) is 4.32. The average Bonchev–Trinajstić information content (AvgIpc) is 3.01. The fourth-order valence-electron chi connectivity index (χ4n) is 3.06. The molecule has 3 rings (SSSR count). The number of phenols is 2. The first-order chi connectivity index (χ1) is 11.6. The molecule has 1 aliphatic heterocycles. The highest BCUT2D eigenvalue weighted by Crippen LogP contribution is 2.26. The summed E-state index contributed by atoms with van der Waals surface area (Å²) in [5, 5.41) is 22.3. The van der Waals surface area contributed by atoms with Crippen molar-refractivity contribution < 1.29 is 15.0 Å². The molecule has 2 heterocycles. The molecule has 6 nitrogen and oxygen atoms in total. The largest absolute Gasteiger partial charge is 0.507 e. The van der Waals surface area contributed by atoms with Gasteiger partial charge in [-0.1, -0.05) is 6.07 Å². The number of rotatable bonds is 5. The van der Waals surface area contributed by atoms with Crippen molar-refractivity contribution >= 4 is 5.91 Å². The van der Waals surface area contributed by atoms with Gasteiger partial charge >= 0.3 is 0 Å². The number of carbonyl (C=O) groups is 1. The van der Waals surface area contributed by atoms with Gasteiger partial charge < -0.3 is 15.5 Å². The number of hydrogen-bond acceptors (Lipinski definition) is 5. The Morgan fingerprint density at radius 1 is 1.21 bits per heavy atom. The molecule has 24 heavy (non-hydrogen) atoms. The summed E-state index contributed by atoms with van der Waals surface area (Å²) in [5.74, 6) is -0.501. The summed E-state index contributed by atoms with van der Waals surface area (Å²) in [7, 11) is 0. The van der Waals surface area contributed by atoms with Gasteiger partial charge in [0.25, 0.3) is 5.91 Å². The minimum Gasteiger partial charge on any atom is -0.507 e. The predicted molar refractivity (Wildman–Crippen MR) is 89.7 cm³/mol. The number of hydrogen-bond donors (Lipinski definition) is 3. The third-order valence-corrected chi connectivity index (χ3v) is 4.32. The van der Waals surface area contributed by atoms with Crippen LogP contribution in [0.15, 0.2) is 42.7 Å². The number of aromatic hydroxyl groups is 2. The van der Waals surface area contributed by atoms with Gasteiger partial charge in [0, 0.05) is 32.0 Å². The van der Waals surface area contributed by atoms with Gasteiger partial charge in [-0.3, -0.25) is 14.7 Å². The summed E-state index contributed by atoms with van der Waals surface area (Å²) in [6, 6.07) is 8.29. The van der Waals surface area contributed by atoms with E-state index in [1.54, 1.807) is 12.4 Å². The molecule has 0 saturated carbocycles. The van der Waals surface area contributed by atoms with Crippen LogP contribution in [0.1, 0.15) is 22.3 Å². The summed E-state index contributed by atoms with van der Waals surface area (Å²) < 4.78 is 0. The Kier molecular flexibility index (Phi) is 4.96. The van der Waals surface area contributed by atoms with Crippen LogP contribution in [-0.2, 0) is 6.54 Å². The van der Waals surface area contributed by atoms with Crippen LogP contribution in [0.3, 0.4) is 0 Å². The second-order valence-electron chi connectivity index (χ2n) is 6.13. The molecule has 1 fully saturated rings. The van der Waals surface area contributed by atoms with Crippen molar-refractivity contribution in [3.8, 4) is 11.5 Å². The zero-order valence-electron chi connectivity index (χ0n) is 13.4. The Balaban J connectivity index is 1.50. The van der Waals surface area contributed by atoms with Gasteiger partial charge in [0.05, 0.1) is 0 Å². The predicted octanol–water partition coefficient (Wildman–Crippen LogP) is 1.74. The Labute approximate surface area is 140 Å². The first kappa shape index (κ1) is 16.3. The number of amides is 1. The zero-order valence-corrected chi connectivity index (χ0v) is 13.4. The smallest absolute Gasteiger partial charge is 0.258 e. The Hall–Kier alpha value is -2.60. The maximum atomic E-state index is 12.2. The first-order valence-corrected chi connectivity index (χ1v) is 8.04. The van der Waals surface area contributed by atoms with E-state index in [1.165, 1.54) is 23.8 Å². The van der Waals surface area contributed by atoms with Crippen molar-refractivity contribution in [1.29, 1.82) is 0 Å². The molecular formula is C18H21N3O3. The maximum absolute atomic E-state index is 12.2. The van der Waals surface area contributed by atoms with Crippen LogP contribution in [0.5, 0.6) is 11.5 Å². The molecule has 0 radical (unpaired) electrons. The molecule has 2 aromatic rings. The molecule has 1 aromatic carbocycles. The van der Waals surface area contributed by atoms with E-state index >= 15 is 0 Å². The van der Waals surface area contributed by atoms with Gasteiger partial charge in [0.15, 0.2) is 0 Å². The lowest BCUT2D eigenvalue weighted by molar-refractivity contribution is 0.0942. The van der Waals surface area contributed by atoms with Crippen molar-refractivity contribution in [2.24, 2.45) is 5.92 Å². The van der Waals surface area contributed by atoms with Crippen LogP contribution in [-0.4, -0.2) is 45.6 Å². The first-order valence-electron chi connectivity index (χ1n) is 8.04. The molecule has 1 aromatic heterocycles. The molecule has 1 unspecified atom stereocenters. The number of benzene rings is 1. The Morgan fingerprint density at radius 2 is 1.92 bits per heavy atom. The minimum atomic E-state index is -0.446. The molecule has 0 aliphatic carbocycles. The van der Waals surface area contributed by atoms with Crippen molar-refractivity contribution in [3.63, 3.8) is 0 Å². The third kappa shape index (κ3) is 3.83. The van der Waals surface area contributed by atoms with E-state index in [0.717, 1.165) is 26.1 Å². The van der Waals surface area contributed by atoms with E-state index in [9.17, 15) is 15.0 Å². The maximum Gasteiger partial charge on any atom is 0.258 e. The number of nitrogens with zero attached hydrogens (tertiary/aromatic N) is 2. The average molecular weight is 327 g/mol. The normalized spacial score (nSPS) is 17.8. The summed E-state index contributed by atoms with van der Waals surface area (Å²) in [5.41, 5.74) is 1.16. The lowest BCUT2D eigenvalue weighted by Crippen LogP contribution is -2.31. The van der Waals surface area contributed by atoms with Crippen molar-refractivity contribution in [2.75, 3.05) is 19.6 Å². The molecule has 126 valence electrons. The monoisotopic (exact) mass is 327 g/mol. The van der Waals surface area contributed by atoms with Crippen molar-refractivity contribution in [1.82, 2.24) is 15.2 Å². The molecule has 6 heteroatoms. The second-order valence-corrected chi connectivity index (χ2v) is 6.13. The molecule has 0 spiro atoms. The molecule has 0 bridgehead atoms. The molecular weight excluding hydrogens is 306 g/mol. The number of carbonyl (C=O) groups excluding carboxylic acids is 1. The number of likely N-dealkylation sites (tertiary alicyclic amines) is 1. The minimum absolute atomic E-state index is 0.0656. The van der Waals surface area contributed by atoms with Gasteiger partial charge in [-0.25, -0.2) is 0 Å². The molecule has 1 aliphatic rings. The Morgan fingerprint density at radius 3 is 2.62 bits per heavy atom. The summed E-state index contributed by atoms with van der Waals surface area (Å²) >= 11 is 0. The fourth-order valence-corrected chi connectivity index (χ4v) is 3.06. The van der Waals surface area contributed by atoms with Crippen LogP contribution < -0.4 is 5.32 Å². The SMILES string of the molecule is O=C(NCC1CCN(Cc2ccncc2)C1)c1c(O)cccc1O. The van der Waals surface area contributed by atoms with E-state index < -0.39 is 5.91 Å². The standard InChI is InChI=1S/C18H21N3O3/c22-15-2-1-3-16(23)17(15)18(24)20-10-14-6-9-21(12-14)11-13-4-7-19-8-5-13/h1-5,7-8,14,22-23H,6,9-12H2,(H,20,24). The van der Waals surface area contributed by atoms with Gasteiger partial charge in [0.2, 0.25) is 0 Å². The highest BCUT2D eigenvalue weighted by Gasteiger charge is 2.24. The van der Waals surface area contributed by atoms with E-state index in [1.807, 2.05) is 12.1 Å². The summed E-state index contributed by atoms with van der Waals surface area (Å²) in [4.78, 5) is 18.5. The summed E-state index contributed by atoms with van der Waals surface area (Å²) in [6.07, 6.45) is 4.60. The van der Waals surface area contributed by atoms with E-state index in [-0.39, 0.29) is 17.1 Å².